The summed E-state index contributed by atoms with van der Waals surface area (Å²) in [6.45, 7) is 4.94. The van der Waals surface area contributed by atoms with Gasteiger partial charge in [0.15, 0.2) is 0 Å². The molecule has 0 saturated carbocycles. The summed E-state index contributed by atoms with van der Waals surface area (Å²) in [7, 11) is 0. The number of phenolic OH excluding ortho intramolecular Hbond substituents is 1. The Hall–Kier alpha value is -3.39. The van der Waals surface area contributed by atoms with Crippen molar-refractivity contribution in [2.24, 2.45) is 0 Å². The van der Waals surface area contributed by atoms with Gasteiger partial charge in [0.25, 0.3) is 0 Å². The van der Waals surface area contributed by atoms with Gasteiger partial charge < -0.3 is 30.3 Å². The van der Waals surface area contributed by atoms with Gasteiger partial charge in [0.2, 0.25) is 0 Å². The molecule has 7 nitrogen and oxygen atoms in total. The zero-order chi connectivity index (χ0) is 26.9. The van der Waals surface area contributed by atoms with E-state index < -0.39 is 5.97 Å². The fourth-order valence-corrected chi connectivity index (χ4v) is 4.20. The third-order valence-electron chi connectivity index (χ3n) is 6.08. The van der Waals surface area contributed by atoms with Crippen LogP contribution in [0.15, 0.2) is 77.4 Å². The summed E-state index contributed by atoms with van der Waals surface area (Å²) in [5.41, 5.74) is 2.61. The zero-order valence-corrected chi connectivity index (χ0v) is 24.6. The number of ether oxygens (including phenoxy) is 3. The van der Waals surface area contributed by atoms with E-state index in [-0.39, 0.29) is 48.0 Å². The third-order valence-corrected chi connectivity index (χ3v) is 6.08. The first-order chi connectivity index (χ1) is 18.5. The van der Waals surface area contributed by atoms with Crippen molar-refractivity contribution in [3.63, 3.8) is 0 Å². The third kappa shape index (κ3) is 7.60. The van der Waals surface area contributed by atoms with Gasteiger partial charge in [-0.05, 0) is 60.9 Å². The Morgan fingerprint density at radius 2 is 1.62 bits per heavy atom. The number of hydrogen-bond acceptors (Lipinski definition) is 6. The number of phenols is 1. The van der Waals surface area contributed by atoms with Crippen molar-refractivity contribution >= 4 is 5.97 Å². The number of furan rings is 1. The largest absolute Gasteiger partial charge is 1.00 e. The normalized spacial score (nSPS) is 10.5. The Labute approximate surface area is 252 Å². The summed E-state index contributed by atoms with van der Waals surface area (Å²) in [5, 5.41) is 20.0. The van der Waals surface area contributed by atoms with Crippen LogP contribution in [0.5, 0.6) is 28.7 Å². The SMILES string of the molecule is CCCc1c(OCCCOc2cc(O)c(-c3ccco3)cc2CC)cccc1Oc1ccccc1C(=O)O.[H-].[Na+]. The minimum Gasteiger partial charge on any atom is -1.00 e. The Bertz CT molecular complexity index is 1370. The van der Waals surface area contributed by atoms with E-state index in [0.29, 0.717) is 48.2 Å². The topological polar surface area (TPSA) is 98.4 Å². The maximum absolute atomic E-state index is 11.6. The predicted molar refractivity (Wildman–Crippen MR) is 146 cm³/mol. The van der Waals surface area contributed by atoms with Crippen molar-refractivity contribution in [2.45, 2.75) is 39.5 Å². The van der Waals surface area contributed by atoms with E-state index in [0.717, 1.165) is 30.4 Å². The summed E-state index contributed by atoms with van der Waals surface area (Å²) in [6.07, 6.45) is 4.55. The second-order valence-corrected chi connectivity index (χ2v) is 8.74. The van der Waals surface area contributed by atoms with Gasteiger partial charge in [-0.3, -0.25) is 0 Å². The molecule has 0 bridgehead atoms. The molecule has 0 unspecified atom stereocenters. The number of carboxylic acid groups (broad SMARTS) is 1. The van der Waals surface area contributed by atoms with Crippen molar-refractivity contribution in [3.8, 4) is 40.1 Å². The maximum Gasteiger partial charge on any atom is 1.00 e. The number of aromatic carboxylic acids is 1. The van der Waals surface area contributed by atoms with E-state index in [1.807, 2.05) is 37.3 Å². The molecular formula is C31H33NaO7. The molecule has 0 fully saturated rings. The fraction of sp³-hybridized carbons (Fsp3) is 0.258. The van der Waals surface area contributed by atoms with E-state index in [1.165, 1.54) is 6.07 Å². The molecule has 1 aromatic heterocycles. The summed E-state index contributed by atoms with van der Waals surface area (Å²) < 4.78 is 23.5. The molecule has 3 aromatic carbocycles. The summed E-state index contributed by atoms with van der Waals surface area (Å²) in [5.74, 6) is 1.88. The van der Waals surface area contributed by atoms with Crippen LogP contribution in [0.2, 0.25) is 0 Å². The number of rotatable bonds is 13. The standard InChI is InChI=1S/C31H32O7.Na.H/c1-3-10-22-26(13-7-14-28(22)38-29-12-6-5-11-23(29)31(33)34)36-17-9-18-37-30-20-25(32)24(19-21(30)4-2)27-15-8-16-35-27;;/h5-8,11-16,19-20,32H,3-4,9-10,17-18H2,1-2H3,(H,33,34);;/q;+1;-1. The van der Waals surface area contributed by atoms with Crippen LogP contribution in [0, 0.1) is 0 Å². The second kappa shape index (κ2) is 14.7. The molecule has 0 aliphatic rings. The number of hydrogen-bond donors (Lipinski definition) is 2. The Balaban J connectivity index is 0.00000280. The van der Waals surface area contributed by atoms with Crippen molar-refractivity contribution in [2.75, 3.05) is 13.2 Å². The van der Waals surface area contributed by atoms with E-state index >= 15 is 0 Å². The molecule has 0 aliphatic carbocycles. The molecule has 0 saturated heterocycles. The number of aromatic hydroxyl groups is 1. The Morgan fingerprint density at radius 1 is 0.897 bits per heavy atom. The summed E-state index contributed by atoms with van der Waals surface area (Å²) >= 11 is 0. The quantitative estimate of drug-likeness (QED) is 0.189. The Morgan fingerprint density at radius 3 is 2.31 bits per heavy atom. The summed E-state index contributed by atoms with van der Waals surface area (Å²) in [4.78, 5) is 11.6. The van der Waals surface area contributed by atoms with Crippen molar-refractivity contribution in [3.05, 3.63) is 89.7 Å². The molecule has 1 heterocycles. The van der Waals surface area contributed by atoms with Crippen molar-refractivity contribution < 1.29 is 64.6 Å². The smallest absolute Gasteiger partial charge is 1.00 e. The summed E-state index contributed by atoms with van der Waals surface area (Å²) in [6, 6.07) is 19.3. The number of carboxylic acids is 1. The minimum atomic E-state index is -1.04. The van der Waals surface area contributed by atoms with Gasteiger partial charge in [0.1, 0.15) is 40.1 Å². The first kappa shape index (κ1) is 30.2. The molecule has 8 heteroatoms. The molecule has 4 aromatic rings. The van der Waals surface area contributed by atoms with E-state index in [9.17, 15) is 15.0 Å². The average molecular weight is 541 g/mol. The monoisotopic (exact) mass is 540 g/mol. The van der Waals surface area contributed by atoms with Crippen LogP contribution in [-0.2, 0) is 12.8 Å². The molecule has 0 radical (unpaired) electrons. The van der Waals surface area contributed by atoms with Crippen LogP contribution in [0.1, 0.15) is 49.6 Å². The Kier molecular flexibility index (Phi) is 11.3. The van der Waals surface area contributed by atoms with Crippen molar-refractivity contribution in [1.29, 1.82) is 0 Å². The van der Waals surface area contributed by atoms with Crippen LogP contribution in [-0.4, -0.2) is 29.4 Å². The number of carbonyl (C=O) groups is 1. The number of benzene rings is 3. The van der Waals surface area contributed by atoms with Gasteiger partial charge in [-0.1, -0.05) is 38.5 Å². The zero-order valence-electron chi connectivity index (χ0n) is 23.6. The van der Waals surface area contributed by atoms with Crippen LogP contribution in [0.4, 0.5) is 0 Å². The first-order valence-electron chi connectivity index (χ1n) is 12.8. The first-order valence-corrected chi connectivity index (χ1v) is 12.8. The van der Waals surface area contributed by atoms with E-state index in [1.54, 1.807) is 36.6 Å². The predicted octanol–water partition coefficient (Wildman–Crippen LogP) is 4.62. The number of para-hydroxylation sites is 1. The molecule has 0 atom stereocenters. The van der Waals surface area contributed by atoms with E-state index in [4.69, 9.17) is 18.6 Å². The van der Waals surface area contributed by atoms with Crippen LogP contribution >= 0.6 is 0 Å². The molecule has 200 valence electrons. The molecule has 4 rings (SSSR count). The molecule has 2 N–H and O–H groups in total. The van der Waals surface area contributed by atoms with Gasteiger partial charge >= 0.3 is 35.5 Å². The van der Waals surface area contributed by atoms with Gasteiger partial charge in [0.05, 0.1) is 25.0 Å². The van der Waals surface area contributed by atoms with Gasteiger partial charge in [-0.15, -0.1) is 0 Å². The van der Waals surface area contributed by atoms with Crippen molar-refractivity contribution in [1.82, 2.24) is 0 Å². The molecule has 39 heavy (non-hydrogen) atoms. The number of aryl methyl sites for hydroxylation is 1. The second-order valence-electron chi connectivity index (χ2n) is 8.74. The maximum atomic E-state index is 11.6. The fourth-order valence-electron chi connectivity index (χ4n) is 4.20. The van der Waals surface area contributed by atoms with Crippen LogP contribution in [0.3, 0.4) is 0 Å². The molecule has 0 amide bonds. The van der Waals surface area contributed by atoms with Gasteiger partial charge in [0, 0.05) is 18.1 Å². The molecule has 0 spiro atoms. The van der Waals surface area contributed by atoms with Crippen LogP contribution in [0.25, 0.3) is 11.3 Å². The molecular weight excluding hydrogens is 507 g/mol. The average Bonchev–Trinajstić information content (AvgIpc) is 3.45. The van der Waals surface area contributed by atoms with Crippen LogP contribution < -0.4 is 43.8 Å². The van der Waals surface area contributed by atoms with E-state index in [2.05, 4.69) is 6.92 Å². The van der Waals surface area contributed by atoms with Gasteiger partial charge in [-0.2, -0.15) is 0 Å². The van der Waals surface area contributed by atoms with Gasteiger partial charge in [-0.25, -0.2) is 4.79 Å². The molecule has 0 aliphatic heterocycles. The minimum absolute atomic E-state index is 0.